The Hall–Kier alpha value is -1.64. The van der Waals surface area contributed by atoms with Gasteiger partial charge < -0.3 is 5.11 Å². The number of H-pyrrole nitrogens is 1. The van der Waals surface area contributed by atoms with Crippen molar-refractivity contribution in [3.05, 3.63) is 43.9 Å². The van der Waals surface area contributed by atoms with E-state index in [0.29, 0.717) is 5.69 Å². The molecule has 6 nitrogen and oxygen atoms in total. The second kappa shape index (κ2) is 4.70. The SMILES string of the molecule is C[n+]1[nH]oc(=O)c1C([O-])=Nc1ccc(I)cc1. The van der Waals surface area contributed by atoms with Gasteiger partial charge in [-0.2, -0.15) is 0 Å². The van der Waals surface area contributed by atoms with Crippen LogP contribution in [-0.2, 0) is 7.05 Å². The number of rotatable bonds is 2. The third kappa shape index (κ3) is 2.54. The minimum Gasteiger partial charge on any atom is -0.854 e. The van der Waals surface area contributed by atoms with Crippen LogP contribution in [0.1, 0.15) is 5.69 Å². The molecule has 0 unspecified atom stereocenters. The molecule has 0 aliphatic carbocycles. The van der Waals surface area contributed by atoms with Gasteiger partial charge in [0.1, 0.15) is 0 Å². The van der Waals surface area contributed by atoms with Crippen LogP contribution in [0.15, 0.2) is 38.6 Å². The number of aliphatic imine (C=N–C) groups is 1. The largest absolute Gasteiger partial charge is 0.854 e. The minimum atomic E-state index is -0.730. The Bertz CT molecular complexity index is 612. The van der Waals surface area contributed by atoms with Gasteiger partial charge in [0.15, 0.2) is 7.05 Å². The number of aromatic nitrogens is 2. The van der Waals surface area contributed by atoms with Crippen molar-refractivity contribution >= 4 is 34.2 Å². The maximum atomic E-state index is 11.7. The van der Waals surface area contributed by atoms with Crippen molar-refractivity contribution in [1.29, 1.82) is 0 Å². The average molecular weight is 345 g/mol. The summed E-state index contributed by atoms with van der Waals surface area (Å²) in [6.07, 6.45) is 0. The molecular formula is C10H8IN3O3. The highest BCUT2D eigenvalue weighted by Gasteiger charge is 2.17. The van der Waals surface area contributed by atoms with Crippen LogP contribution < -0.4 is 15.4 Å². The van der Waals surface area contributed by atoms with E-state index in [0.717, 1.165) is 3.57 Å². The van der Waals surface area contributed by atoms with Gasteiger partial charge in [0, 0.05) is 3.57 Å². The summed E-state index contributed by atoms with van der Waals surface area (Å²) in [6.45, 7) is 0. The van der Waals surface area contributed by atoms with Crippen LogP contribution in [0.2, 0.25) is 0 Å². The molecule has 0 radical (unpaired) electrons. The lowest BCUT2D eigenvalue weighted by atomic mass is 10.3. The first-order valence-electron chi connectivity index (χ1n) is 4.67. The zero-order valence-corrected chi connectivity index (χ0v) is 11.0. The van der Waals surface area contributed by atoms with Crippen molar-refractivity contribution in [2.75, 3.05) is 0 Å². The topological polar surface area (TPSA) is 85.3 Å². The zero-order chi connectivity index (χ0) is 12.4. The van der Waals surface area contributed by atoms with Crippen molar-refractivity contribution < 1.29 is 14.3 Å². The van der Waals surface area contributed by atoms with Gasteiger partial charge in [0.05, 0.1) is 11.6 Å². The molecule has 0 spiro atoms. The maximum Gasteiger partial charge on any atom is 0.435 e. The Morgan fingerprint density at radius 2 is 2.12 bits per heavy atom. The van der Waals surface area contributed by atoms with Gasteiger partial charge in [0.25, 0.3) is 0 Å². The molecule has 0 aliphatic heterocycles. The average Bonchev–Trinajstić information content (AvgIpc) is 2.62. The van der Waals surface area contributed by atoms with Gasteiger partial charge in [-0.15, -0.1) is 0 Å². The molecule has 1 aromatic heterocycles. The Kier molecular flexibility index (Phi) is 3.27. The molecule has 0 aliphatic rings. The van der Waals surface area contributed by atoms with Gasteiger partial charge in [-0.1, -0.05) is 4.68 Å². The molecule has 1 heterocycles. The van der Waals surface area contributed by atoms with E-state index in [1.54, 1.807) is 12.1 Å². The van der Waals surface area contributed by atoms with Gasteiger partial charge in [0.2, 0.25) is 0 Å². The Morgan fingerprint density at radius 1 is 1.47 bits per heavy atom. The van der Waals surface area contributed by atoms with Crippen LogP contribution >= 0.6 is 22.6 Å². The van der Waals surface area contributed by atoms with Gasteiger partial charge in [-0.25, -0.2) is 4.79 Å². The fraction of sp³-hybridized carbons (Fsp3) is 0.100. The lowest BCUT2D eigenvalue weighted by Crippen LogP contribution is -2.43. The molecule has 0 bridgehead atoms. The van der Waals surface area contributed by atoms with Gasteiger partial charge >= 0.3 is 11.3 Å². The number of nitrogens with one attached hydrogen (secondary N) is 1. The summed E-state index contributed by atoms with van der Waals surface area (Å²) in [7, 11) is 1.50. The smallest absolute Gasteiger partial charge is 0.435 e. The standard InChI is InChI=1S/C10H8IN3O3/c1-14-8(10(16)17-13-14)9(15)12-7-4-2-6(11)3-5-7/h2-5H,1H3,(H-,12,13,15,16). The number of aryl methyl sites for hydroxylation is 1. The first-order chi connectivity index (χ1) is 8.08. The van der Waals surface area contributed by atoms with Crippen molar-refractivity contribution in [2.45, 2.75) is 0 Å². The number of hydrogen-bond acceptors (Lipinski definition) is 4. The fourth-order valence-corrected chi connectivity index (χ4v) is 1.62. The normalized spacial score (nSPS) is 11.8. The maximum absolute atomic E-state index is 11.7. The van der Waals surface area contributed by atoms with Crippen LogP contribution in [0.25, 0.3) is 0 Å². The van der Waals surface area contributed by atoms with Crippen LogP contribution in [0.5, 0.6) is 0 Å². The number of benzene rings is 1. The fourth-order valence-electron chi connectivity index (χ4n) is 1.26. The summed E-state index contributed by atoms with van der Waals surface area (Å²) in [6, 6.07) is 7.06. The minimum absolute atomic E-state index is 0.136. The highest BCUT2D eigenvalue weighted by Crippen LogP contribution is 2.14. The molecule has 2 aromatic rings. The Balaban J connectivity index is 2.41. The Labute approximate surface area is 110 Å². The van der Waals surface area contributed by atoms with Crippen molar-refractivity contribution in [3.8, 4) is 0 Å². The van der Waals surface area contributed by atoms with Crippen molar-refractivity contribution in [1.82, 2.24) is 5.27 Å². The van der Waals surface area contributed by atoms with E-state index in [1.807, 2.05) is 12.1 Å². The Morgan fingerprint density at radius 3 is 2.65 bits per heavy atom. The third-order valence-electron chi connectivity index (χ3n) is 2.06. The first kappa shape index (κ1) is 11.8. The molecule has 0 amide bonds. The molecule has 1 aromatic carbocycles. The number of nitrogens with zero attached hydrogens (tertiary/aromatic N) is 2. The number of hydrogen-bond donors (Lipinski definition) is 1. The van der Waals surface area contributed by atoms with E-state index in [4.69, 9.17) is 0 Å². The first-order valence-corrected chi connectivity index (χ1v) is 5.75. The second-order valence-electron chi connectivity index (χ2n) is 3.28. The molecule has 0 saturated carbocycles. The van der Waals surface area contributed by atoms with Crippen molar-refractivity contribution in [3.63, 3.8) is 0 Å². The highest BCUT2D eigenvalue weighted by atomic mass is 127. The quantitative estimate of drug-likeness (QED) is 0.355. The van der Waals surface area contributed by atoms with Crippen LogP contribution in [0.3, 0.4) is 0 Å². The summed E-state index contributed by atoms with van der Waals surface area (Å²) in [5.74, 6) is -0.635. The van der Waals surface area contributed by atoms with E-state index in [9.17, 15) is 9.90 Å². The zero-order valence-electron chi connectivity index (χ0n) is 8.81. The number of aromatic amines is 1. The summed E-state index contributed by atoms with van der Waals surface area (Å²) in [5.41, 5.74) is -0.369. The molecule has 0 atom stereocenters. The molecule has 17 heavy (non-hydrogen) atoms. The van der Waals surface area contributed by atoms with E-state index < -0.39 is 11.5 Å². The summed E-state index contributed by atoms with van der Waals surface area (Å²) < 4.78 is 6.71. The van der Waals surface area contributed by atoms with E-state index >= 15 is 0 Å². The predicted octanol–water partition coefficient (Wildman–Crippen LogP) is -0.164. The van der Waals surface area contributed by atoms with Crippen molar-refractivity contribution in [2.24, 2.45) is 12.0 Å². The molecule has 0 fully saturated rings. The summed E-state index contributed by atoms with van der Waals surface area (Å²) in [5, 5.41) is 14.0. The molecule has 7 heteroatoms. The third-order valence-corrected chi connectivity index (χ3v) is 2.78. The second-order valence-corrected chi connectivity index (χ2v) is 4.53. The molecule has 2 rings (SSSR count). The summed E-state index contributed by atoms with van der Waals surface area (Å²) >= 11 is 2.15. The summed E-state index contributed by atoms with van der Waals surface area (Å²) in [4.78, 5) is 15.0. The van der Waals surface area contributed by atoms with Crippen LogP contribution in [0, 0.1) is 3.57 Å². The molecular weight excluding hydrogens is 337 g/mol. The van der Waals surface area contributed by atoms with E-state index in [-0.39, 0.29) is 5.69 Å². The number of halogens is 1. The van der Waals surface area contributed by atoms with Gasteiger partial charge in [-0.3, -0.25) is 9.52 Å². The van der Waals surface area contributed by atoms with E-state index in [2.05, 4.69) is 37.4 Å². The van der Waals surface area contributed by atoms with E-state index in [1.165, 1.54) is 11.7 Å². The lowest BCUT2D eigenvalue weighted by Gasteiger charge is -2.02. The molecule has 1 N–H and O–H groups in total. The monoisotopic (exact) mass is 345 g/mol. The highest BCUT2D eigenvalue weighted by molar-refractivity contribution is 14.1. The predicted molar refractivity (Wildman–Crippen MR) is 65.9 cm³/mol. The van der Waals surface area contributed by atoms with Crippen LogP contribution in [0.4, 0.5) is 5.69 Å². The lowest BCUT2D eigenvalue weighted by molar-refractivity contribution is -0.742. The molecule has 0 saturated heterocycles. The van der Waals surface area contributed by atoms with Crippen LogP contribution in [-0.4, -0.2) is 11.2 Å². The molecule has 88 valence electrons. The van der Waals surface area contributed by atoms with Gasteiger partial charge in [-0.05, 0) is 52.1 Å².